The van der Waals surface area contributed by atoms with Crippen LogP contribution in [0.5, 0.6) is 0 Å². The SMILES string of the molecule is C1=C2CCCCCC2ON1. The molecule has 2 nitrogen and oxygen atoms in total. The van der Waals surface area contributed by atoms with Gasteiger partial charge < -0.3 is 0 Å². The summed E-state index contributed by atoms with van der Waals surface area (Å²) >= 11 is 0. The Morgan fingerprint density at radius 2 is 2.40 bits per heavy atom. The molecule has 1 unspecified atom stereocenters. The van der Waals surface area contributed by atoms with Crippen molar-refractivity contribution >= 4 is 0 Å². The first kappa shape index (κ1) is 6.23. The van der Waals surface area contributed by atoms with Gasteiger partial charge in [-0.15, -0.1) is 0 Å². The van der Waals surface area contributed by atoms with Gasteiger partial charge in [-0.05, 0) is 24.8 Å². The minimum absolute atomic E-state index is 0.405. The molecule has 0 bridgehead atoms. The summed E-state index contributed by atoms with van der Waals surface area (Å²) < 4.78 is 0. The lowest BCUT2D eigenvalue weighted by molar-refractivity contribution is 0.0383. The third kappa shape index (κ3) is 1.03. The summed E-state index contributed by atoms with van der Waals surface area (Å²) in [5.41, 5.74) is 4.30. The maximum Gasteiger partial charge on any atom is 0.108 e. The molecule has 56 valence electrons. The third-order valence-corrected chi connectivity index (χ3v) is 2.30. The highest BCUT2D eigenvalue weighted by atomic mass is 16.7. The van der Waals surface area contributed by atoms with Crippen molar-refractivity contribution < 1.29 is 4.84 Å². The molecule has 1 aliphatic heterocycles. The molecular formula is C8H13NO. The summed E-state index contributed by atoms with van der Waals surface area (Å²) in [5, 5.41) is 0. The standard InChI is InChI=1S/C8H13NO/c1-2-4-7-6-9-10-8(7)5-3-1/h6,8-9H,1-5H2. The fourth-order valence-electron chi connectivity index (χ4n) is 1.67. The maximum absolute atomic E-state index is 5.29. The smallest absolute Gasteiger partial charge is 0.108 e. The van der Waals surface area contributed by atoms with Crippen molar-refractivity contribution in [3.05, 3.63) is 11.8 Å². The molecule has 1 heterocycles. The highest BCUT2D eigenvalue weighted by molar-refractivity contribution is 5.11. The second-order valence-electron chi connectivity index (χ2n) is 3.04. The van der Waals surface area contributed by atoms with Gasteiger partial charge in [0.2, 0.25) is 0 Å². The number of fused-ring (bicyclic) bond motifs is 1. The van der Waals surface area contributed by atoms with Crippen LogP contribution in [0.2, 0.25) is 0 Å². The minimum atomic E-state index is 0.405. The normalized spacial score (nSPS) is 32.0. The monoisotopic (exact) mass is 139 g/mol. The molecule has 10 heavy (non-hydrogen) atoms. The first-order chi connectivity index (χ1) is 4.97. The van der Waals surface area contributed by atoms with E-state index in [2.05, 4.69) is 5.48 Å². The summed E-state index contributed by atoms with van der Waals surface area (Å²) in [6.07, 6.45) is 8.91. The van der Waals surface area contributed by atoms with Gasteiger partial charge in [0.15, 0.2) is 0 Å². The molecule has 0 aromatic heterocycles. The first-order valence-corrected chi connectivity index (χ1v) is 4.07. The van der Waals surface area contributed by atoms with E-state index in [0.717, 1.165) is 0 Å². The van der Waals surface area contributed by atoms with Crippen LogP contribution < -0.4 is 5.48 Å². The Labute approximate surface area is 61.2 Å². The van der Waals surface area contributed by atoms with E-state index >= 15 is 0 Å². The van der Waals surface area contributed by atoms with E-state index in [1.807, 2.05) is 6.20 Å². The van der Waals surface area contributed by atoms with Gasteiger partial charge in [-0.2, -0.15) is 0 Å². The zero-order valence-electron chi connectivity index (χ0n) is 6.10. The second kappa shape index (κ2) is 2.62. The lowest BCUT2D eigenvalue weighted by Crippen LogP contribution is -2.11. The molecule has 1 aliphatic carbocycles. The third-order valence-electron chi connectivity index (χ3n) is 2.30. The van der Waals surface area contributed by atoms with Crippen molar-refractivity contribution in [3.63, 3.8) is 0 Å². The molecule has 2 heteroatoms. The van der Waals surface area contributed by atoms with Crippen LogP contribution in [0.4, 0.5) is 0 Å². The number of hydroxylamine groups is 1. The second-order valence-corrected chi connectivity index (χ2v) is 3.04. The van der Waals surface area contributed by atoms with Gasteiger partial charge in [-0.3, -0.25) is 10.3 Å². The highest BCUT2D eigenvalue weighted by Gasteiger charge is 2.21. The van der Waals surface area contributed by atoms with E-state index in [-0.39, 0.29) is 0 Å². The molecule has 0 aromatic carbocycles. The van der Waals surface area contributed by atoms with Crippen LogP contribution in [-0.4, -0.2) is 6.10 Å². The summed E-state index contributed by atoms with van der Waals surface area (Å²) in [6.45, 7) is 0. The zero-order chi connectivity index (χ0) is 6.81. The fraction of sp³-hybridized carbons (Fsp3) is 0.750. The zero-order valence-corrected chi connectivity index (χ0v) is 6.10. The van der Waals surface area contributed by atoms with Crippen LogP contribution in [0.1, 0.15) is 32.1 Å². The topological polar surface area (TPSA) is 21.3 Å². The average molecular weight is 139 g/mol. The van der Waals surface area contributed by atoms with E-state index in [9.17, 15) is 0 Å². The first-order valence-electron chi connectivity index (χ1n) is 4.07. The predicted molar refractivity (Wildman–Crippen MR) is 39.2 cm³/mol. The highest BCUT2D eigenvalue weighted by Crippen LogP contribution is 2.26. The van der Waals surface area contributed by atoms with Crippen molar-refractivity contribution in [3.8, 4) is 0 Å². The van der Waals surface area contributed by atoms with Gasteiger partial charge in [0.05, 0.1) is 0 Å². The molecular weight excluding hydrogens is 126 g/mol. The molecule has 0 spiro atoms. The van der Waals surface area contributed by atoms with Crippen LogP contribution in [0.3, 0.4) is 0 Å². The number of hydrogen-bond acceptors (Lipinski definition) is 2. The summed E-state index contributed by atoms with van der Waals surface area (Å²) in [5.74, 6) is 0. The molecule has 1 atom stereocenters. The number of hydrogen-bond donors (Lipinski definition) is 1. The largest absolute Gasteiger partial charge is 0.274 e. The Kier molecular flexibility index (Phi) is 1.63. The van der Waals surface area contributed by atoms with Crippen molar-refractivity contribution in [2.75, 3.05) is 0 Å². The van der Waals surface area contributed by atoms with Crippen molar-refractivity contribution in [1.29, 1.82) is 0 Å². The minimum Gasteiger partial charge on any atom is -0.274 e. The Morgan fingerprint density at radius 3 is 3.40 bits per heavy atom. The Morgan fingerprint density at radius 1 is 1.40 bits per heavy atom. The van der Waals surface area contributed by atoms with Crippen LogP contribution in [0.25, 0.3) is 0 Å². The number of nitrogens with one attached hydrogen (secondary N) is 1. The molecule has 1 fully saturated rings. The van der Waals surface area contributed by atoms with Crippen LogP contribution in [0.15, 0.2) is 11.8 Å². The average Bonchev–Trinajstić information content (AvgIpc) is 2.28. The molecule has 1 saturated carbocycles. The maximum atomic E-state index is 5.29. The van der Waals surface area contributed by atoms with Gasteiger partial charge in [0, 0.05) is 6.20 Å². The molecule has 2 aliphatic rings. The van der Waals surface area contributed by atoms with Gasteiger partial charge >= 0.3 is 0 Å². The molecule has 2 rings (SSSR count). The molecule has 0 saturated heterocycles. The molecule has 0 radical (unpaired) electrons. The molecule has 1 N–H and O–H groups in total. The summed E-state index contributed by atoms with van der Waals surface area (Å²) in [7, 11) is 0. The summed E-state index contributed by atoms with van der Waals surface area (Å²) in [4.78, 5) is 5.29. The van der Waals surface area contributed by atoms with E-state index in [1.165, 1.54) is 37.7 Å². The Bertz CT molecular complexity index is 153. The van der Waals surface area contributed by atoms with E-state index in [0.29, 0.717) is 6.10 Å². The predicted octanol–water partition coefficient (Wildman–Crippen LogP) is 1.74. The quantitative estimate of drug-likeness (QED) is 0.552. The van der Waals surface area contributed by atoms with Gasteiger partial charge in [-0.1, -0.05) is 12.8 Å². The Hall–Kier alpha value is -0.500. The van der Waals surface area contributed by atoms with Crippen LogP contribution in [-0.2, 0) is 4.84 Å². The lowest BCUT2D eigenvalue weighted by Gasteiger charge is -2.07. The van der Waals surface area contributed by atoms with Crippen molar-refractivity contribution in [1.82, 2.24) is 5.48 Å². The van der Waals surface area contributed by atoms with E-state index < -0.39 is 0 Å². The summed E-state index contributed by atoms with van der Waals surface area (Å²) in [6, 6.07) is 0. The molecule has 0 aromatic rings. The fourth-order valence-corrected chi connectivity index (χ4v) is 1.67. The lowest BCUT2D eigenvalue weighted by atomic mass is 10.1. The van der Waals surface area contributed by atoms with Gasteiger partial charge in [0.1, 0.15) is 6.10 Å². The van der Waals surface area contributed by atoms with Gasteiger partial charge in [0.25, 0.3) is 0 Å². The van der Waals surface area contributed by atoms with E-state index in [4.69, 9.17) is 4.84 Å². The van der Waals surface area contributed by atoms with Gasteiger partial charge in [-0.25, -0.2) is 0 Å². The van der Waals surface area contributed by atoms with E-state index in [1.54, 1.807) is 0 Å². The Balaban J connectivity index is 2.06. The molecule has 0 amide bonds. The van der Waals surface area contributed by atoms with Crippen LogP contribution >= 0.6 is 0 Å². The van der Waals surface area contributed by atoms with Crippen LogP contribution in [0, 0.1) is 0 Å². The van der Waals surface area contributed by atoms with Crippen molar-refractivity contribution in [2.24, 2.45) is 0 Å². The van der Waals surface area contributed by atoms with Crippen molar-refractivity contribution in [2.45, 2.75) is 38.2 Å². The number of rotatable bonds is 0.